The van der Waals surface area contributed by atoms with Crippen molar-refractivity contribution >= 4 is 59.3 Å². The minimum Gasteiger partial charge on any atom is -0.309 e. The lowest BCUT2D eigenvalue weighted by atomic mass is 9.96. The molecular formula is C52H35NS. The van der Waals surface area contributed by atoms with Gasteiger partial charge in [-0.25, -0.2) is 0 Å². The summed E-state index contributed by atoms with van der Waals surface area (Å²) in [5.41, 5.74) is 10.5. The molecule has 0 bridgehead atoms. The standard InChI is InChI=1S/C52H35NS/c1-4-14-36(15-5-1)37-26-30-42(31-27-37)53(43-32-28-41(29-33-43)45-23-12-21-38-20-10-11-22-44(38)45)49-35-34-46(39-16-6-2-7-17-39)50-48-25-13-24-47(51(48)54-52(49)50)40-18-8-3-9-19-40/h1-35H/i1D,4D,5D,14D,15D. The first-order chi connectivity index (χ1) is 28.9. The Morgan fingerprint density at radius 3 is 1.65 bits per heavy atom. The minimum atomic E-state index is -0.403. The van der Waals surface area contributed by atoms with Crippen LogP contribution in [0, 0.1) is 0 Å². The van der Waals surface area contributed by atoms with E-state index in [1.807, 2.05) is 36.4 Å². The molecule has 0 saturated heterocycles. The molecule has 10 aromatic rings. The average Bonchev–Trinajstić information content (AvgIpc) is 3.69. The maximum atomic E-state index is 8.65. The zero-order valence-electron chi connectivity index (χ0n) is 34.2. The predicted octanol–water partition coefficient (Wildman–Crippen LogP) is 15.3. The summed E-state index contributed by atoms with van der Waals surface area (Å²) < 4.78 is 44.4. The number of fused-ring (bicyclic) bond motifs is 4. The fourth-order valence-electron chi connectivity index (χ4n) is 7.63. The van der Waals surface area contributed by atoms with Gasteiger partial charge in [-0.3, -0.25) is 0 Å². The summed E-state index contributed by atoms with van der Waals surface area (Å²) in [7, 11) is 0. The van der Waals surface area contributed by atoms with Crippen molar-refractivity contribution in [1.82, 2.24) is 0 Å². The van der Waals surface area contributed by atoms with Crippen LogP contribution in [0.5, 0.6) is 0 Å². The second kappa shape index (κ2) is 13.7. The Bertz CT molecular complexity index is 3160. The molecule has 254 valence electrons. The molecule has 1 heterocycles. The summed E-state index contributed by atoms with van der Waals surface area (Å²) >= 11 is 1.80. The molecule has 0 aliphatic heterocycles. The maximum Gasteiger partial charge on any atom is 0.0640 e. The van der Waals surface area contributed by atoms with Crippen LogP contribution >= 0.6 is 11.3 Å². The SMILES string of the molecule is [2H]c1c([2H])c([2H])c(-c2ccc(N(c3ccc(-c4cccc5ccccc45)cc3)c3ccc(-c4ccccc4)c4c3sc3c(-c5ccccc5)cccc34)cc2)c([2H])c1[2H]. The Balaban J connectivity index is 1.21. The lowest BCUT2D eigenvalue weighted by Gasteiger charge is -2.27. The van der Waals surface area contributed by atoms with Crippen LogP contribution in [0.3, 0.4) is 0 Å². The van der Waals surface area contributed by atoms with Crippen LogP contribution in [0.1, 0.15) is 6.85 Å². The van der Waals surface area contributed by atoms with Crippen LogP contribution in [0.15, 0.2) is 212 Å². The molecule has 1 aromatic heterocycles. The highest BCUT2D eigenvalue weighted by atomic mass is 32.1. The Kier molecular flexibility index (Phi) is 6.82. The van der Waals surface area contributed by atoms with E-state index in [-0.39, 0.29) is 29.7 Å². The van der Waals surface area contributed by atoms with Gasteiger partial charge in [-0.1, -0.05) is 182 Å². The first-order valence-corrected chi connectivity index (χ1v) is 18.8. The van der Waals surface area contributed by atoms with E-state index in [2.05, 4.69) is 150 Å². The Morgan fingerprint density at radius 2 is 0.926 bits per heavy atom. The van der Waals surface area contributed by atoms with Crippen molar-refractivity contribution < 1.29 is 6.85 Å². The number of benzene rings is 9. The Labute approximate surface area is 326 Å². The number of nitrogens with zero attached hydrogens (tertiary/aromatic N) is 1. The normalized spacial score (nSPS) is 12.6. The molecule has 0 amide bonds. The fourth-order valence-corrected chi connectivity index (χ4v) is 9.00. The van der Waals surface area contributed by atoms with Gasteiger partial charge < -0.3 is 4.90 Å². The smallest absolute Gasteiger partial charge is 0.0640 e. The van der Waals surface area contributed by atoms with Crippen LogP contribution in [0.2, 0.25) is 0 Å². The summed E-state index contributed by atoms with van der Waals surface area (Å²) in [5.74, 6) is 0. The monoisotopic (exact) mass is 710 g/mol. The van der Waals surface area contributed by atoms with Gasteiger partial charge in [0.1, 0.15) is 0 Å². The molecule has 0 fully saturated rings. The Hall–Kier alpha value is -6.74. The van der Waals surface area contributed by atoms with Crippen molar-refractivity contribution in [3.63, 3.8) is 0 Å². The lowest BCUT2D eigenvalue weighted by molar-refractivity contribution is 1.30. The van der Waals surface area contributed by atoms with Crippen LogP contribution in [-0.4, -0.2) is 0 Å². The lowest BCUT2D eigenvalue weighted by Crippen LogP contribution is -2.10. The van der Waals surface area contributed by atoms with Gasteiger partial charge in [0.2, 0.25) is 0 Å². The number of hydrogen-bond donors (Lipinski definition) is 0. The van der Waals surface area contributed by atoms with Crippen molar-refractivity contribution in [3.05, 3.63) is 212 Å². The van der Waals surface area contributed by atoms with Gasteiger partial charge in [-0.2, -0.15) is 0 Å². The second-order valence-corrected chi connectivity index (χ2v) is 14.3. The Morgan fingerprint density at radius 1 is 0.370 bits per heavy atom. The molecule has 0 unspecified atom stereocenters. The molecule has 0 radical (unpaired) electrons. The van der Waals surface area contributed by atoms with Crippen molar-refractivity contribution in [3.8, 4) is 44.5 Å². The number of rotatable bonds is 7. The number of anilines is 3. The zero-order chi connectivity index (χ0) is 40.2. The van der Waals surface area contributed by atoms with Gasteiger partial charge in [-0.15, -0.1) is 11.3 Å². The third kappa shape index (κ3) is 5.65. The van der Waals surface area contributed by atoms with E-state index in [0.29, 0.717) is 5.56 Å². The molecule has 0 aliphatic carbocycles. The highest BCUT2D eigenvalue weighted by molar-refractivity contribution is 7.27. The van der Waals surface area contributed by atoms with E-state index >= 15 is 0 Å². The molecular weight excluding hydrogens is 671 g/mol. The molecule has 9 aromatic carbocycles. The van der Waals surface area contributed by atoms with E-state index in [1.165, 1.54) is 31.8 Å². The van der Waals surface area contributed by atoms with E-state index in [9.17, 15) is 0 Å². The topological polar surface area (TPSA) is 3.24 Å². The van der Waals surface area contributed by atoms with Crippen LogP contribution < -0.4 is 4.90 Å². The van der Waals surface area contributed by atoms with Crippen molar-refractivity contribution in [1.29, 1.82) is 0 Å². The zero-order valence-corrected chi connectivity index (χ0v) is 30.0. The maximum absolute atomic E-state index is 8.65. The molecule has 1 nitrogen and oxygen atoms in total. The van der Waals surface area contributed by atoms with Crippen molar-refractivity contribution in [2.75, 3.05) is 4.90 Å². The predicted molar refractivity (Wildman–Crippen MR) is 233 cm³/mol. The molecule has 0 atom stereocenters. The largest absolute Gasteiger partial charge is 0.309 e. The molecule has 0 saturated carbocycles. The molecule has 0 N–H and O–H groups in total. The minimum absolute atomic E-state index is 0.182. The number of thiophene rings is 1. The highest BCUT2D eigenvalue weighted by Gasteiger charge is 2.22. The van der Waals surface area contributed by atoms with Gasteiger partial charge in [0, 0.05) is 26.8 Å². The molecule has 10 rings (SSSR count). The van der Waals surface area contributed by atoms with Crippen molar-refractivity contribution in [2.24, 2.45) is 0 Å². The van der Waals surface area contributed by atoms with Gasteiger partial charge in [0.15, 0.2) is 0 Å². The second-order valence-electron chi connectivity index (χ2n) is 13.3. The van der Waals surface area contributed by atoms with Gasteiger partial charge in [0.25, 0.3) is 0 Å². The summed E-state index contributed by atoms with van der Waals surface area (Å²) in [6, 6.07) is 61.8. The first kappa shape index (κ1) is 26.9. The highest BCUT2D eigenvalue weighted by Crippen LogP contribution is 2.50. The summed E-state index contributed by atoms with van der Waals surface area (Å²) in [4.78, 5) is 2.27. The third-order valence-electron chi connectivity index (χ3n) is 10.2. The van der Waals surface area contributed by atoms with E-state index in [0.717, 1.165) is 49.6 Å². The van der Waals surface area contributed by atoms with E-state index < -0.39 is 6.04 Å². The summed E-state index contributed by atoms with van der Waals surface area (Å²) in [6.45, 7) is 0. The van der Waals surface area contributed by atoms with Crippen molar-refractivity contribution in [2.45, 2.75) is 0 Å². The molecule has 2 heteroatoms. The number of hydrogen-bond acceptors (Lipinski definition) is 2. The summed E-state index contributed by atoms with van der Waals surface area (Å²) in [5, 5.41) is 4.76. The summed E-state index contributed by atoms with van der Waals surface area (Å²) in [6.07, 6.45) is 0. The van der Waals surface area contributed by atoms with Gasteiger partial charge in [-0.05, 0) is 85.6 Å². The van der Waals surface area contributed by atoms with Crippen LogP contribution in [-0.2, 0) is 0 Å². The van der Waals surface area contributed by atoms with Gasteiger partial charge in [0.05, 0.1) is 17.2 Å². The average molecular weight is 711 g/mol. The third-order valence-corrected chi connectivity index (χ3v) is 11.4. The fraction of sp³-hybridized carbons (Fsp3) is 0. The molecule has 54 heavy (non-hydrogen) atoms. The van der Waals surface area contributed by atoms with E-state index in [4.69, 9.17) is 6.85 Å². The molecule has 0 aliphatic rings. The molecule has 0 spiro atoms. The first-order valence-electron chi connectivity index (χ1n) is 20.5. The van der Waals surface area contributed by atoms with Crippen LogP contribution in [0.4, 0.5) is 17.1 Å². The van der Waals surface area contributed by atoms with E-state index in [1.54, 1.807) is 11.3 Å². The quantitative estimate of drug-likeness (QED) is 0.159. The van der Waals surface area contributed by atoms with Crippen LogP contribution in [0.25, 0.3) is 75.5 Å². The van der Waals surface area contributed by atoms with Gasteiger partial charge >= 0.3 is 0 Å².